The Hall–Kier alpha value is -4.83. The van der Waals surface area contributed by atoms with Gasteiger partial charge < -0.3 is 36.0 Å². The summed E-state index contributed by atoms with van der Waals surface area (Å²) in [7, 11) is 4.27. The highest BCUT2D eigenvalue weighted by molar-refractivity contribution is 6.39. The predicted molar refractivity (Wildman–Crippen MR) is 156 cm³/mol. The minimum absolute atomic E-state index is 0.0208. The van der Waals surface area contributed by atoms with E-state index in [1.165, 1.54) is 33.5 Å². The molecule has 0 saturated heterocycles. The second kappa shape index (κ2) is 8.59. The van der Waals surface area contributed by atoms with E-state index in [2.05, 4.69) is 5.10 Å². The van der Waals surface area contributed by atoms with Crippen LogP contribution in [0.25, 0.3) is 49.2 Å². The normalized spacial score (nSPS) is 15.4. The number of hydrogen-bond acceptors (Lipinski definition) is 10. The third-order valence-electron chi connectivity index (χ3n) is 8.18. The van der Waals surface area contributed by atoms with Crippen LogP contribution in [-0.2, 0) is 6.54 Å². The second-order valence-corrected chi connectivity index (χ2v) is 9.99. The molecule has 5 aromatic carbocycles. The molecule has 0 aliphatic heterocycles. The van der Waals surface area contributed by atoms with Gasteiger partial charge in [-0.25, -0.2) is 0 Å². The van der Waals surface area contributed by atoms with Gasteiger partial charge in [0, 0.05) is 63.0 Å². The van der Waals surface area contributed by atoms with Gasteiger partial charge in [0.25, 0.3) is 0 Å². The summed E-state index contributed by atoms with van der Waals surface area (Å²) in [4.78, 5) is 27.1. The molecule has 6 rings (SSSR count). The maximum Gasteiger partial charge on any atom is 0.194 e. The Morgan fingerprint density at radius 2 is 1.40 bits per heavy atom. The predicted octanol–water partition coefficient (Wildman–Crippen LogP) is 3.63. The standard InChI is InChI=1S/C30H27N3O7/c1-10-6-12-13(9-31)28(36)20-14(34)7-16(38-3)22-23-17(39-4)8-15(35)21-26(23)25(19(12)24(20)22)27(18(10)11(2)33-32)30(40-5)29(21)37/h6-8,18,36-37H,9,31-32H2,1-5H3/b33-11+. The lowest BCUT2D eigenvalue weighted by Crippen LogP contribution is -2.15. The van der Waals surface area contributed by atoms with E-state index in [0.29, 0.717) is 54.7 Å². The van der Waals surface area contributed by atoms with Crippen molar-refractivity contribution in [1.82, 2.24) is 0 Å². The van der Waals surface area contributed by atoms with Gasteiger partial charge in [-0.3, -0.25) is 9.59 Å². The number of benzene rings is 5. The Morgan fingerprint density at radius 3 is 1.90 bits per heavy atom. The number of nitrogens with zero attached hydrogens (tertiary/aromatic N) is 1. The fourth-order valence-corrected chi connectivity index (χ4v) is 6.63. The van der Waals surface area contributed by atoms with E-state index in [1.54, 1.807) is 6.92 Å². The number of fused-ring (bicyclic) bond motifs is 1. The van der Waals surface area contributed by atoms with E-state index in [4.69, 9.17) is 25.8 Å². The van der Waals surface area contributed by atoms with Crippen molar-refractivity contribution in [2.45, 2.75) is 26.3 Å². The minimum atomic E-state index is -0.589. The fraction of sp³-hybridized carbons (Fsp3) is 0.233. The topological polar surface area (TPSA) is 167 Å². The van der Waals surface area contributed by atoms with Gasteiger partial charge >= 0.3 is 0 Å². The maximum absolute atomic E-state index is 13.6. The number of rotatable bonds is 5. The molecular weight excluding hydrogens is 514 g/mol. The first kappa shape index (κ1) is 25.4. The zero-order valence-corrected chi connectivity index (χ0v) is 22.6. The number of phenolic OH excluding ortho intramolecular Hbond substituents is 2. The zero-order chi connectivity index (χ0) is 28.8. The van der Waals surface area contributed by atoms with Gasteiger partial charge in [-0.05, 0) is 30.2 Å². The molecule has 0 spiro atoms. The highest BCUT2D eigenvalue weighted by atomic mass is 16.5. The first-order valence-electron chi connectivity index (χ1n) is 12.5. The molecule has 0 bridgehead atoms. The molecule has 0 heterocycles. The Morgan fingerprint density at radius 1 is 0.850 bits per heavy atom. The average Bonchev–Trinajstić information content (AvgIpc) is 3.06. The molecule has 1 atom stereocenters. The quantitative estimate of drug-likeness (QED) is 0.0854. The molecule has 40 heavy (non-hydrogen) atoms. The lowest BCUT2D eigenvalue weighted by Gasteiger charge is -2.26. The van der Waals surface area contributed by atoms with Crippen LogP contribution in [0.3, 0.4) is 0 Å². The lowest BCUT2D eigenvalue weighted by atomic mass is 9.80. The van der Waals surface area contributed by atoms with Crippen molar-refractivity contribution in [2.24, 2.45) is 16.7 Å². The van der Waals surface area contributed by atoms with Gasteiger partial charge in [-0.1, -0.05) is 11.6 Å². The van der Waals surface area contributed by atoms with Gasteiger partial charge in [0.15, 0.2) is 22.4 Å². The molecular formula is C30H27N3O7. The molecule has 10 heteroatoms. The molecule has 204 valence electrons. The number of hydrazone groups is 1. The second-order valence-electron chi connectivity index (χ2n) is 9.99. The van der Waals surface area contributed by atoms with Crippen LogP contribution in [0.1, 0.15) is 36.5 Å². The van der Waals surface area contributed by atoms with Crippen LogP contribution in [0.4, 0.5) is 0 Å². The molecule has 6 N–H and O–H groups in total. The summed E-state index contributed by atoms with van der Waals surface area (Å²) in [5.74, 6) is 5.15. The Labute approximate surface area is 227 Å². The van der Waals surface area contributed by atoms with E-state index in [-0.39, 0.29) is 46.1 Å². The van der Waals surface area contributed by atoms with Crippen LogP contribution in [0.15, 0.2) is 32.4 Å². The molecule has 1 unspecified atom stereocenters. The summed E-state index contributed by atoms with van der Waals surface area (Å²) < 4.78 is 17.2. The van der Waals surface area contributed by atoms with Crippen molar-refractivity contribution >= 4 is 54.9 Å². The van der Waals surface area contributed by atoms with Crippen LogP contribution in [0.5, 0.6) is 28.7 Å². The van der Waals surface area contributed by atoms with Gasteiger partial charge in [0.05, 0.1) is 32.1 Å². The summed E-state index contributed by atoms with van der Waals surface area (Å²) in [6.07, 6.45) is 1.87. The molecule has 5 aromatic rings. The van der Waals surface area contributed by atoms with Crippen molar-refractivity contribution in [2.75, 3.05) is 21.3 Å². The molecule has 0 aromatic heterocycles. The molecule has 1 aliphatic rings. The third kappa shape index (κ3) is 2.88. The number of aromatic hydroxyl groups is 2. The molecule has 0 amide bonds. The summed E-state index contributed by atoms with van der Waals surface area (Å²) in [6, 6.07) is 2.57. The number of hydrogen-bond donors (Lipinski definition) is 4. The number of allylic oxidation sites excluding steroid dienone is 1. The van der Waals surface area contributed by atoms with Gasteiger partial charge in [0.2, 0.25) is 0 Å². The van der Waals surface area contributed by atoms with E-state index >= 15 is 0 Å². The van der Waals surface area contributed by atoms with E-state index in [9.17, 15) is 19.8 Å². The van der Waals surface area contributed by atoms with Crippen molar-refractivity contribution < 1.29 is 24.4 Å². The smallest absolute Gasteiger partial charge is 0.194 e. The minimum Gasteiger partial charge on any atom is -0.507 e. The average molecular weight is 542 g/mol. The van der Waals surface area contributed by atoms with Crippen LogP contribution in [0, 0.1) is 0 Å². The summed E-state index contributed by atoms with van der Waals surface area (Å²) >= 11 is 0. The van der Waals surface area contributed by atoms with Gasteiger partial charge in [-0.15, -0.1) is 0 Å². The number of ether oxygens (including phenoxy) is 3. The van der Waals surface area contributed by atoms with E-state index < -0.39 is 16.8 Å². The molecule has 0 saturated carbocycles. The highest BCUT2D eigenvalue weighted by Gasteiger charge is 2.36. The van der Waals surface area contributed by atoms with E-state index in [1.807, 2.05) is 13.0 Å². The van der Waals surface area contributed by atoms with Crippen LogP contribution < -0.4 is 36.6 Å². The lowest BCUT2D eigenvalue weighted by molar-refractivity contribution is 0.373. The Kier molecular flexibility index (Phi) is 5.46. The first-order chi connectivity index (χ1) is 19.2. The van der Waals surface area contributed by atoms with Gasteiger partial charge in [-0.2, -0.15) is 5.10 Å². The summed E-state index contributed by atoms with van der Waals surface area (Å²) in [6.45, 7) is 3.55. The van der Waals surface area contributed by atoms with Crippen molar-refractivity contribution in [1.29, 1.82) is 0 Å². The Bertz CT molecular complexity index is 2100. The van der Waals surface area contributed by atoms with E-state index in [0.717, 1.165) is 5.57 Å². The fourth-order valence-electron chi connectivity index (χ4n) is 6.63. The van der Waals surface area contributed by atoms with Crippen molar-refractivity contribution in [3.63, 3.8) is 0 Å². The van der Waals surface area contributed by atoms with Crippen molar-refractivity contribution in [3.05, 3.63) is 54.8 Å². The number of phenols is 2. The summed E-state index contributed by atoms with van der Waals surface area (Å²) in [5.41, 5.74) is 7.96. The number of methoxy groups -OCH3 is 3. The van der Waals surface area contributed by atoms with Crippen molar-refractivity contribution in [3.8, 4) is 28.7 Å². The third-order valence-corrected chi connectivity index (χ3v) is 8.18. The molecule has 0 radical (unpaired) electrons. The molecule has 1 aliphatic carbocycles. The first-order valence-corrected chi connectivity index (χ1v) is 12.5. The van der Waals surface area contributed by atoms with Crippen LogP contribution >= 0.6 is 0 Å². The van der Waals surface area contributed by atoms with Crippen LogP contribution in [-0.4, -0.2) is 37.3 Å². The monoisotopic (exact) mass is 541 g/mol. The maximum atomic E-state index is 13.6. The Balaban J connectivity index is 2.20. The van der Waals surface area contributed by atoms with Crippen LogP contribution in [0.2, 0.25) is 0 Å². The molecule has 10 nitrogen and oxygen atoms in total. The number of nitrogens with two attached hydrogens (primary N) is 2. The SMILES string of the molecule is COc1c(O)c2c(=O)cc(OC)c3c4c(OC)cc(=O)c5c(O)c(CN)c6c(c(c1C(/C(C)=N/N)C(C)=C6)c23)c54. The zero-order valence-electron chi connectivity index (χ0n) is 22.6. The van der Waals surface area contributed by atoms with Gasteiger partial charge in [0.1, 0.15) is 17.2 Å². The largest absolute Gasteiger partial charge is 0.507 e. The highest BCUT2D eigenvalue weighted by Crippen LogP contribution is 2.57. The molecule has 0 fully saturated rings. The summed E-state index contributed by atoms with van der Waals surface area (Å²) in [5, 5.41) is 30.0.